The lowest BCUT2D eigenvalue weighted by molar-refractivity contribution is 0.282. The number of aryl methyl sites for hydroxylation is 1. The largest absolute Gasteiger partial charge is 0.396 e. The summed E-state index contributed by atoms with van der Waals surface area (Å²) in [6.07, 6.45) is 1.73. The van der Waals surface area contributed by atoms with E-state index >= 15 is 0 Å². The summed E-state index contributed by atoms with van der Waals surface area (Å²) in [7, 11) is 0. The molecule has 0 aliphatic rings. The van der Waals surface area contributed by atoms with Crippen molar-refractivity contribution in [2.75, 3.05) is 23.8 Å². The minimum atomic E-state index is 0.233. The van der Waals surface area contributed by atoms with E-state index in [0.717, 1.165) is 42.4 Å². The highest BCUT2D eigenvalue weighted by Crippen LogP contribution is 2.20. The smallest absolute Gasteiger partial charge is 0.134 e. The second kappa shape index (κ2) is 7.16. The van der Waals surface area contributed by atoms with Crippen LogP contribution in [0.3, 0.4) is 0 Å². The molecule has 0 aliphatic heterocycles. The zero-order chi connectivity index (χ0) is 13.5. The third-order valence-electron chi connectivity index (χ3n) is 2.78. The summed E-state index contributed by atoms with van der Waals surface area (Å²) in [6, 6.07) is 0.291. The van der Waals surface area contributed by atoms with Crippen LogP contribution in [0.15, 0.2) is 0 Å². The van der Waals surface area contributed by atoms with Gasteiger partial charge in [0.05, 0.1) is 0 Å². The summed E-state index contributed by atoms with van der Waals surface area (Å²) in [5.41, 5.74) is 1.04. The van der Waals surface area contributed by atoms with Gasteiger partial charge in [-0.2, -0.15) is 0 Å². The second-order valence-corrected chi connectivity index (χ2v) is 4.53. The van der Waals surface area contributed by atoms with Crippen molar-refractivity contribution in [3.8, 4) is 0 Å². The third-order valence-corrected chi connectivity index (χ3v) is 2.78. The van der Waals surface area contributed by atoms with Crippen molar-refractivity contribution in [1.82, 2.24) is 9.97 Å². The zero-order valence-electron chi connectivity index (χ0n) is 11.7. The number of hydrogen-bond donors (Lipinski definition) is 3. The summed E-state index contributed by atoms with van der Waals surface area (Å²) in [4.78, 5) is 8.83. The van der Waals surface area contributed by atoms with Crippen LogP contribution in [-0.4, -0.2) is 34.3 Å². The van der Waals surface area contributed by atoms with E-state index in [0.29, 0.717) is 6.04 Å². The van der Waals surface area contributed by atoms with Gasteiger partial charge < -0.3 is 15.7 Å². The van der Waals surface area contributed by atoms with Crippen molar-refractivity contribution in [1.29, 1.82) is 0 Å². The topological polar surface area (TPSA) is 70.1 Å². The number of rotatable bonds is 7. The average Bonchev–Trinajstić information content (AvgIpc) is 2.32. The summed E-state index contributed by atoms with van der Waals surface area (Å²) in [6.45, 7) is 9.13. The van der Waals surface area contributed by atoms with E-state index in [1.807, 2.05) is 20.8 Å². The normalized spacial score (nSPS) is 12.3. The Labute approximate surface area is 109 Å². The third kappa shape index (κ3) is 4.14. The van der Waals surface area contributed by atoms with Gasteiger partial charge in [-0.3, -0.25) is 0 Å². The van der Waals surface area contributed by atoms with Crippen molar-refractivity contribution >= 4 is 11.6 Å². The van der Waals surface area contributed by atoms with Crippen LogP contribution in [-0.2, 0) is 0 Å². The first-order valence-electron chi connectivity index (χ1n) is 6.55. The molecule has 1 rings (SSSR count). The van der Waals surface area contributed by atoms with Gasteiger partial charge in [0, 0.05) is 24.8 Å². The number of aliphatic hydroxyl groups is 1. The molecule has 5 heteroatoms. The van der Waals surface area contributed by atoms with Gasteiger partial charge in [-0.1, -0.05) is 0 Å². The number of anilines is 2. The fraction of sp³-hybridized carbons (Fsp3) is 0.692. The van der Waals surface area contributed by atoms with E-state index in [-0.39, 0.29) is 6.61 Å². The molecule has 1 aromatic heterocycles. The SMILES string of the molecule is CCNc1nc(C)nc(NC(C)CCCO)c1C. The maximum absolute atomic E-state index is 8.83. The fourth-order valence-corrected chi connectivity index (χ4v) is 1.81. The van der Waals surface area contributed by atoms with Gasteiger partial charge in [0.25, 0.3) is 0 Å². The van der Waals surface area contributed by atoms with Gasteiger partial charge in [0.1, 0.15) is 17.5 Å². The molecule has 0 aliphatic carbocycles. The molecule has 0 amide bonds. The maximum atomic E-state index is 8.83. The van der Waals surface area contributed by atoms with Crippen molar-refractivity contribution < 1.29 is 5.11 Å². The van der Waals surface area contributed by atoms with Crippen LogP contribution in [0.1, 0.15) is 38.1 Å². The molecular formula is C13H24N4O. The number of hydrogen-bond acceptors (Lipinski definition) is 5. The number of nitrogens with zero attached hydrogens (tertiary/aromatic N) is 2. The molecule has 0 radical (unpaired) electrons. The van der Waals surface area contributed by atoms with Gasteiger partial charge in [-0.05, 0) is 40.5 Å². The Morgan fingerprint density at radius 1 is 1.22 bits per heavy atom. The molecule has 1 unspecified atom stereocenters. The summed E-state index contributed by atoms with van der Waals surface area (Å²) < 4.78 is 0. The van der Waals surface area contributed by atoms with E-state index in [4.69, 9.17) is 5.11 Å². The highest BCUT2D eigenvalue weighted by atomic mass is 16.2. The summed E-state index contributed by atoms with van der Waals surface area (Å²) in [5, 5.41) is 15.5. The van der Waals surface area contributed by atoms with Crippen molar-refractivity contribution in [3.63, 3.8) is 0 Å². The minimum Gasteiger partial charge on any atom is -0.396 e. The van der Waals surface area contributed by atoms with Gasteiger partial charge in [0.2, 0.25) is 0 Å². The average molecular weight is 252 g/mol. The Morgan fingerprint density at radius 2 is 1.89 bits per heavy atom. The first kappa shape index (κ1) is 14.7. The Hall–Kier alpha value is -1.36. The van der Waals surface area contributed by atoms with Crippen LogP contribution in [0.5, 0.6) is 0 Å². The van der Waals surface area contributed by atoms with Crippen LogP contribution >= 0.6 is 0 Å². The van der Waals surface area contributed by atoms with Crippen LogP contribution in [0.25, 0.3) is 0 Å². The molecule has 0 bridgehead atoms. The second-order valence-electron chi connectivity index (χ2n) is 4.53. The zero-order valence-corrected chi connectivity index (χ0v) is 11.7. The molecule has 0 saturated heterocycles. The van der Waals surface area contributed by atoms with Gasteiger partial charge >= 0.3 is 0 Å². The molecule has 102 valence electrons. The Morgan fingerprint density at radius 3 is 2.50 bits per heavy atom. The molecule has 1 aromatic rings. The first-order valence-corrected chi connectivity index (χ1v) is 6.55. The maximum Gasteiger partial charge on any atom is 0.134 e. The number of aliphatic hydroxyl groups excluding tert-OH is 1. The molecule has 18 heavy (non-hydrogen) atoms. The Bertz CT molecular complexity index is 381. The van der Waals surface area contributed by atoms with E-state index < -0.39 is 0 Å². The molecule has 0 fully saturated rings. The lowest BCUT2D eigenvalue weighted by Gasteiger charge is -2.18. The standard InChI is InChI=1S/C13H24N4O/c1-5-14-12-10(3)13(17-11(4)16-12)15-9(2)7-6-8-18/h9,18H,5-8H2,1-4H3,(H2,14,15,16,17). The summed E-state index contributed by atoms with van der Waals surface area (Å²) in [5.74, 6) is 2.53. The Kier molecular flexibility index (Phi) is 5.85. The van der Waals surface area contributed by atoms with Crippen molar-refractivity contribution in [2.24, 2.45) is 0 Å². The lowest BCUT2D eigenvalue weighted by Crippen LogP contribution is -2.18. The van der Waals surface area contributed by atoms with Crippen LogP contribution < -0.4 is 10.6 Å². The number of aromatic nitrogens is 2. The Balaban J connectivity index is 2.81. The van der Waals surface area contributed by atoms with Gasteiger partial charge in [0.15, 0.2) is 0 Å². The molecular weight excluding hydrogens is 228 g/mol. The lowest BCUT2D eigenvalue weighted by atomic mass is 10.2. The first-order chi connectivity index (χ1) is 8.58. The highest BCUT2D eigenvalue weighted by Gasteiger charge is 2.10. The van der Waals surface area contributed by atoms with E-state index in [1.165, 1.54) is 0 Å². The van der Waals surface area contributed by atoms with Crippen LogP contribution in [0.2, 0.25) is 0 Å². The van der Waals surface area contributed by atoms with Crippen molar-refractivity contribution in [3.05, 3.63) is 11.4 Å². The monoisotopic (exact) mass is 252 g/mol. The van der Waals surface area contributed by atoms with Crippen LogP contribution in [0.4, 0.5) is 11.6 Å². The van der Waals surface area contributed by atoms with Gasteiger partial charge in [-0.25, -0.2) is 9.97 Å². The molecule has 1 heterocycles. The molecule has 1 atom stereocenters. The van der Waals surface area contributed by atoms with E-state index in [2.05, 4.69) is 27.5 Å². The number of nitrogens with one attached hydrogen (secondary N) is 2. The predicted molar refractivity (Wildman–Crippen MR) is 75.1 cm³/mol. The fourth-order valence-electron chi connectivity index (χ4n) is 1.81. The minimum absolute atomic E-state index is 0.233. The quantitative estimate of drug-likeness (QED) is 0.693. The molecule has 0 spiro atoms. The molecule has 0 aromatic carbocycles. The molecule has 3 N–H and O–H groups in total. The van der Waals surface area contributed by atoms with E-state index in [9.17, 15) is 0 Å². The van der Waals surface area contributed by atoms with E-state index in [1.54, 1.807) is 0 Å². The van der Waals surface area contributed by atoms with Crippen LogP contribution in [0, 0.1) is 13.8 Å². The summed E-state index contributed by atoms with van der Waals surface area (Å²) >= 11 is 0. The highest BCUT2D eigenvalue weighted by molar-refractivity contribution is 5.57. The predicted octanol–water partition coefficient (Wildman–Crippen LogP) is 2.10. The van der Waals surface area contributed by atoms with Crippen molar-refractivity contribution in [2.45, 2.75) is 46.6 Å². The molecule has 0 saturated carbocycles. The molecule has 5 nitrogen and oxygen atoms in total. The van der Waals surface area contributed by atoms with Gasteiger partial charge in [-0.15, -0.1) is 0 Å².